The predicted molar refractivity (Wildman–Crippen MR) is 100 cm³/mol. The van der Waals surface area contributed by atoms with E-state index in [0.717, 1.165) is 6.20 Å². The van der Waals surface area contributed by atoms with Crippen LogP contribution in [0.15, 0.2) is 36.5 Å². The quantitative estimate of drug-likeness (QED) is 0.757. The summed E-state index contributed by atoms with van der Waals surface area (Å²) in [5.41, 5.74) is 0.557. The molecular formula is C19H22F2N2O4S. The number of sulfonamides is 1. The van der Waals surface area contributed by atoms with Gasteiger partial charge in [0.05, 0.1) is 30.9 Å². The van der Waals surface area contributed by atoms with Crippen molar-refractivity contribution in [3.8, 4) is 17.0 Å². The standard InChI is InChI=1S/C19H22F2N2O4S/c1-2-28(24,25)23-18-7-8-26-11-13(18)12-27-15-4-5-16(17(21)9-15)19-6-3-14(20)10-22-19/h3-6,9-10,13,18,23H,2,7-8,11-12H2,1H3/t13-,18+/m1/s1. The average Bonchev–Trinajstić information content (AvgIpc) is 2.68. The second-order valence-electron chi connectivity index (χ2n) is 6.57. The minimum atomic E-state index is -3.34. The summed E-state index contributed by atoms with van der Waals surface area (Å²) < 4.78 is 64.9. The van der Waals surface area contributed by atoms with Crippen LogP contribution in [0.1, 0.15) is 13.3 Å². The molecule has 1 saturated heterocycles. The smallest absolute Gasteiger partial charge is 0.211 e. The normalized spacial score (nSPS) is 20.1. The minimum Gasteiger partial charge on any atom is -0.493 e. The second-order valence-corrected chi connectivity index (χ2v) is 8.61. The van der Waals surface area contributed by atoms with Crippen molar-refractivity contribution in [3.05, 3.63) is 48.2 Å². The fourth-order valence-corrected chi connectivity index (χ4v) is 3.90. The highest BCUT2D eigenvalue weighted by Gasteiger charge is 2.29. The first kappa shape index (κ1) is 20.6. The SMILES string of the molecule is CCS(=O)(=O)N[C@H]1CCOC[C@@H]1COc1ccc(-c2ccc(F)cn2)c(F)c1. The Kier molecular flexibility index (Phi) is 6.58. The molecule has 0 aliphatic carbocycles. The fourth-order valence-electron chi connectivity index (χ4n) is 2.96. The van der Waals surface area contributed by atoms with Gasteiger partial charge in [-0.05, 0) is 37.6 Å². The van der Waals surface area contributed by atoms with Crippen LogP contribution in [-0.2, 0) is 14.8 Å². The summed E-state index contributed by atoms with van der Waals surface area (Å²) in [6.07, 6.45) is 1.58. The lowest BCUT2D eigenvalue weighted by molar-refractivity contribution is 0.0186. The first-order chi connectivity index (χ1) is 13.4. The molecule has 9 heteroatoms. The molecule has 3 rings (SSSR count). The van der Waals surface area contributed by atoms with Gasteiger partial charge in [-0.1, -0.05) is 0 Å². The molecule has 1 N–H and O–H groups in total. The van der Waals surface area contributed by atoms with E-state index < -0.39 is 21.7 Å². The van der Waals surface area contributed by atoms with Crippen LogP contribution in [0.25, 0.3) is 11.3 Å². The Morgan fingerprint density at radius 2 is 2.11 bits per heavy atom. The van der Waals surface area contributed by atoms with Gasteiger partial charge >= 0.3 is 0 Å². The number of rotatable bonds is 7. The predicted octanol–water partition coefficient (Wildman–Crippen LogP) is 2.75. The van der Waals surface area contributed by atoms with E-state index in [-0.39, 0.29) is 29.9 Å². The first-order valence-corrected chi connectivity index (χ1v) is 10.6. The third kappa shape index (κ3) is 5.24. The Morgan fingerprint density at radius 3 is 2.79 bits per heavy atom. The van der Waals surface area contributed by atoms with Crippen LogP contribution < -0.4 is 9.46 Å². The van der Waals surface area contributed by atoms with Gasteiger partial charge < -0.3 is 9.47 Å². The third-order valence-corrected chi connectivity index (χ3v) is 6.02. The summed E-state index contributed by atoms with van der Waals surface area (Å²) in [7, 11) is -3.34. The molecule has 1 aromatic heterocycles. The first-order valence-electron chi connectivity index (χ1n) is 9.00. The molecule has 1 aliphatic rings. The van der Waals surface area contributed by atoms with Gasteiger partial charge in [-0.25, -0.2) is 21.9 Å². The lowest BCUT2D eigenvalue weighted by Gasteiger charge is -2.31. The molecule has 1 fully saturated rings. The fraction of sp³-hybridized carbons (Fsp3) is 0.421. The highest BCUT2D eigenvalue weighted by atomic mass is 32.2. The molecular weight excluding hydrogens is 390 g/mol. The number of halogens is 2. The number of aromatic nitrogens is 1. The van der Waals surface area contributed by atoms with Crippen LogP contribution in [0, 0.1) is 17.6 Å². The Morgan fingerprint density at radius 1 is 1.29 bits per heavy atom. The molecule has 0 unspecified atom stereocenters. The highest BCUT2D eigenvalue weighted by molar-refractivity contribution is 7.89. The van der Waals surface area contributed by atoms with E-state index in [4.69, 9.17) is 9.47 Å². The van der Waals surface area contributed by atoms with E-state index in [9.17, 15) is 17.2 Å². The molecule has 0 radical (unpaired) electrons. The zero-order valence-electron chi connectivity index (χ0n) is 15.4. The minimum absolute atomic E-state index is 0.00201. The van der Waals surface area contributed by atoms with E-state index in [1.807, 2.05) is 0 Å². The Balaban J connectivity index is 1.66. The maximum absolute atomic E-state index is 14.4. The molecule has 6 nitrogen and oxygen atoms in total. The number of benzene rings is 1. The van der Waals surface area contributed by atoms with Crippen LogP contribution in [-0.4, -0.2) is 45.0 Å². The van der Waals surface area contributed by atoms with Crippen LogP contribution in [0.5, 0.6) is 5.75 Å². The van der Waals surface area contributed by atoms with Gasteiger partial charge in [-0.3, -0.25) is 4.98 Å². The lowest BCUT2D eigenvalue weighted by Crippen LogP contribution is -2.47. The van der Waals surface area contributed by atoms with Crippen molar-refractivity contribution in [2.45, 2.75) is 19.4 Å². The molecule has 2 aromatic rings. The van der Waals surface area contributed by atoms with Gasteiger partial charge in [0.25, 0.3) is 0 Å². The van der Waals surface area contributed by atoms with Crippen molar-refractivity contribution in [2.75, 3.05) is 25.6 Å². The Bertz CT molecular complexity index is 907. The van der Waals surface area contributed by atoms with Crippen molar-refractivity contribution < 1.29 is 26.7 Å². The zero-order valence-corrected chi connectivity index (χ0v) is 16.2. The van der Waals surface area contributed by atoms with Gasteiger partial charge in [0.1, 0.15) is 17.4 Å². The number of hydrogen-bond donors (Lipinski definition) is 1. The van der Waals surface area contributed by atoms with Crippen molar-refractivity contribution >= 4 is 10.0 Å². The molecule has 28 heavy (non-hydrogen) atoms. The summed E-state index contributed by atoms with van der Waals surface area (Å²) in [4.78, 5) is 3.87. The molecule has 0 saturated carbocycles. The largest absolute Gasteiger partial charge is 0.493 e. The van der Waals surface area contributed by atoms with Crippen molar-refractivity contribution in [3.63, 3.8) is 0 Å². The number of nitrogens with one attached hydrogen (secondary N) is 1. The van der Waals surface area contributed by atoms with Gasteiger partial charge in [-0.2, -0.15) is 0 Å². The summed E-state index contributed by atoms with van der Waals surface area (Å²) >= 11 is 0. The maximum atomic E-state index is 14.4. The maximum Gasteiger partial charge on any atom is 0.211 e. The zero-order chi connectivity index (χ0) is 20.1. The van der Waals surface area contributed by atoms with Crippen molar-refractivity contribution in [1.29, 1.82) is 0 Å². The number of pyridine rings is 1. The molecule has 2 heterocycles. The van der Waals surface area contributed by atoms with Crippen LogP contribution >= 0.6 is 0 Å². The molecule has 1 aromatic carbocycles. The molecule has 2 atom stereocenters. The summed E-state index contributed by atoms with van der Waals surface area (Å²) in [5.74, 6) is -0.906. The van der Waals surface area contributed by atoms with Crippen molar-refractivity contribution in [1.82, 2.24) is 9.71 Å². The molecule has 0 bridgehead atoms. The average molecular weight is 412 g/mol. The van der Waals surface area contributed by atoms with Crippen molar-refractivity contribution in [2.24, 2.45) is 5.92 Å². The number of nitrogens with zero attached hydrogens (tertiary/aromatic N) is 1. The van der Waals surface area contributed by atoms with Gasteiger partial charge in [0.15, 0.2) is 0 Å². The van der Waals surface area contributed by atoms with E-state index in [0.29, 0.717) is 31.1 Å². The molecule has 0 spiro atoms. The monoisotopic (exact) mass is 412 g/mol. The van der Waals surface area contributed by atoms with Gasteiger partial charge in [-0.15, -0.1) is 0 Å². The van der Waals surface area contributed by atoms with Gasteiger partial charge in [0, 0.05) is 30.2 Å². The molecule has 152 valence electrons. The van der Waals surface area contributed by atoms with E-state index in [1.54, 1.807) is 13.0 Å². The number of hydrogen-bond acceptors (Lipinski definition) is 5. The summed E-state index contributed by atoms with van der Waals surface area (Å²) in [6, 6.07) is 6.67. The van der Waals surface area contributed by atoms with Gasteiger partial charge in [0.2, 0.25) is 10.0 Å². The van der Waals surface area contributed by atoms with E-state index >= 15 is 0 Å². The summed E-state index contributed by atoms with van der Waals surface area (Å²) in [6.45, 7) is 2.59. The van der Waals surface area contributed by atoms with Crippen LogP contribution in [0.2, 0.25) is 0 Å². The topological polar surface area (TPSA) is 77.5 Å². The second kappa shape index (κ2) is 8.93. The lowest BCUT2D eigenvalue weighted by atomic mass is 9.98. The molecule has 0 amide bonds. The van der Waals surface area contributed by atoms with Crippen LogP contribution in [0.3, 0.4) is 0 Å². The molecule has 1 aliphatic heterocycles. The number of ether oxygens (including phenoxy) is 2. The summed E-state index contributed by atoms with van der Waals surface area (Å²) in [5, 5.41) is 0. The highest BCUT2D eigenvalue weighted by Crippen LogP contribution is 2.26. The Hall–Kier alpha value is -2.10. The Labute approximate surface area is 162 Å². The third-order valence-electron chi connectivity index (χ3n) is 4.59. The van der Waals surface area contributed by atoms with E-state index in [2.05, 4.69) is 9.71 Å². The van der Waals surface area contributed by atoms with Crippen LogP contribution in [0.4, 0.5) is 8.78 Å². The van der Waals surface area contributed by atoms with E-state index in [1.165, 1.54) is 24.3 Å².